The number of nitrogens with two attached hydrogens (primary N) is 1. The van der Waals surface area contributed by atoms with Gasteiger partial charge in [-0.3, -0.25) is 4.57 Å². The first-order valence-corrected chi connectivity index (χ1v) is 12.6. The Morgan fingerprint density at radius 1 is 1.41 bits per heavy atom. The number of rotatable bonds is 5. The van der Waals surface area contributed by atoms with Crippen molar-refractivity contribution in [2.75, 3.05) is 5.73 Å². The van der Waals surface area contributed by atoms with Crippen molar-refractivity contribution in [1.82, 2.24) is 4.98 Å². The largest absolute Gasteiger partial charge is 0.464 e. The number of furan rings is 1. The minimum absolute atomic E-state index is 0.0275. The van der Waals surface area contributed by atoms with E-state index in [2.05, 4.69) is 34.8 Å². The number of fused-ring (bicyclic) bond motifs is 2. The van der Waals surface area contributed by atoms with Gasteiger partial charge in [0.15, 0.2) is 5.13 Å². The summed E-state index contributed by atoms with van der Waals surface area (Å²) in [4.78, 5) is 25.7. The molecule has 0 saturated heterocycles. The Morgan fingerprint density at radius 2 is 2.17 bits per heavy atom. The lowest BCUT2D eigenvalue weighted by atomic mass is 9.89. The molecule has 4 rings (SSSR count). The van der Waals surface area contributed by atoms with E-state index in [-0.39, 0.29) is 11.2 Å². The fraction of sp³-hybridized carbons (Fsp3) is 0.350. The molecule has 6 nitrogen and oxygen atoms in total. The highest BCUT2D eigenvalue weighted by molar-refractivity contribution is 9.10. The van der Waals surface area contributed by atoms with Crippen molar-refractivity contribution in [3.63, 3.8) is 0 Å². The van der Waals surface area contributed by atoms with Gasteiger partial charge in [-0.2, -0.15) is 0 Å². The van der Waals surface area contributed by atoms with Crippen LogP contribution in [0.25, 0.3) is 11.3 Å². The number of aryl methyl sites for hydroxylation is 1. The number of nitrogen functional groups attached to an aromatic ring is 1. The van der Waals surface area contributed by atoms with Crippen molar-refractivity contribution in [3.8, 4) is 11.3 Å². The third-order valence-corrected chi connectivity index (χ3v) is 7.50. The Hall–Kier alpha value is -1.44. The van der Waals surface area contributed by atoms with Crippen LogP contribution in [-0.2, 0) is 17.4 Å². The van der Waals surface area contributed by atoms with Gasteiger partial charge in [0.2, 0.25) is 0 Å². The molecule has 1 aliphatic heterocycles. The fourth-order valence-corrected chi connectivity index (χ4v) is 6.42. The van der Waals surface area contributed by atoms with Gasteiger partial charge < -0.3 is 19.9 Å². The molecule has 0 saturated carbocycles. The van der Waals surface area contributed by atoms with Gasteiger partial charge in [0.05, 0.1) is 11.3 Å². The van der Waals surface area contributed by atoms with Crippen LogP contribution < -0.4 is 11.0 Å². The molecule has 1 atom stereocenters. The molecule has 0 radical (unpaired) electrons. The maximum absolute atomic E-state index is 12.5. The molecule has 1 aromatic carbocycles. The molecule has 154 valence electrons. The minimum Gasteiger partial charge on any atom is -0.464 e. The van der Waals surface area contributed by atoms with E-state index in [1.54, 1.807) is 0 Å². The molecule has 0 fully saturated rings. The maximum Gasteiger partial charge on any atom is 0.360 e. The van der Waals surface area contributed by atoms with Gasteiger partial charge in [-0.25, -0.2) is 4.98 Å². The first-order valence-electron chi connectivity index (χ1n) is 9.37. The smallest absolute Gasteiger partial charge is 0.360 e. The Labute approximate surface area is 181 Å². The highest BCUT2D eigenvalue weighted by Gasteiger charge is 2.40. The first kappa shape index (κ1) is 20.8. The van der Waals surface area contributed by atoms with Gasteiger partial charge in [0, 0.05) is 21.7 Å². The predicted molar refractivity (Wildman–Crippen MR) is 119 cm³/mol. The van der Waals surface area contributed by atoms with Crippen LogP contribution in [0.2, 0.25) is 0 Å². The monoisotopic (exact) mass is 496 g/mol. The van der Waals surface area contributed by atoms with Crippen LogP contribution in [0.15, 0.2) is 33.2 Å². The van der Waals surface area contributed by atoms with Crippen LogP contribution in [0.4, 0.5) is 5.13 Å². The van der Waals surface area contributed by atoms with Gasteiger partial charge in [0.1, 0.15) is 16.8 Å². The van der Waals surface area contributed by atoms with Crippen molar-refractivity contribution in [2.45, 2.75) is 39.0 Å². The Balaban J connectivity index is 1.97. The lowest BCUT2D eigenvalue weighted by Gasteiger charge is -2.19. The number of hydrogen-bond donors (Lipinski definition) is 3. The molecule has 1 unspecified atom stereocenters. The molecule has 9 heteroatoms. The first-order chi connectivity index (χ1) is 13.6. The number of hydrogen-bond acceptors (Lipinski definition) is 5. The van der Waals surface area contributed by atoms with Gasteiger partial charge in [-0.15, -0.1) is 11.3 Å². The summed E-state index contributed by atoms with van der Waals surface area (Å²) in [6, 6.07) is 7.92. The van der Waals surface area contributed by atoms with Crippen molar-refractivity contribution >= 4 is 45.3 Å². The predicted octanol–water partition coefficient (Wildman–Crippen LogP) is 4.83. The van der Waals surface area contributed by atoms with Crippen LogP contribution in [-0.4, -0.2) is 14.8 Å². The maximum atomic E-state index is 12.5. The third kappa shape index (κ3) is 3.97. The molecule has 2 aromatic heterocycles. The van der Waals surface area contributed by atoms with Gasteiger partial charge in [-0.05, 0) is 36.5 Å². The molecule has 0 aliphatic carbocycles. The number of benzene rings is 1. The van der Waals surface area contributed by atoms with E-state index in [0.717, 1.165) is 21.3 Å². The van der Waals surface area contributed by atoms with Crippen LogP contribution in [0, 0.1) is 5.92 Å². The van der Waals surface area contributed by atoms with E-state index in [9.17, 15) is 14.4 Å². The van der Waals surface area contributed by atoms with Gasteiger partial charge in [0.25, 0.3) is 0 Å². The number of thiazole rings is 1. The summed E-state index contributed by atoms with van der Waals surface area (Å²) in [5.74, 6) is 1.17. The van der Waals surface area contributed by atoms with E-state index in [1.807, 2.05) is 24.3 Å². The van der Waals surface area contributed by atoms with Crippen LogP contribution in [0.5, 0.6) is 0 Å². The Kier molecular flexibility index (Phi) is 5.51. The Bertz CT molecular complexity index is 1120. The van der Waals surface area contributed by atoms with Crippen molar-refractivity contribution < 1.29 is 18.8 Å². The third-order valence-electron chi connectivity index (χ3n) is 5.04. The summed E-state index contributed by atoms with van der Waals surface area (Å²) in [5, 5.41) is 0.361. The number of halogens is 1. The summed E-state index contributed by atoms with van der Waals surface area (Å²) in [6.45, 7) is 4.18. The summed E-state index contributed by atoms with van der Waals surface area (Å²) in [6.07, 6.45) is 1.91. The molecular formula is C20H22BrN2O4PS. The summed E-state index contributed by atoms with van der Waals surface area (Å²) >= 11 is 4.88. The molecule has 3 aromatic rings. The fourth-order valence-electron chi connectivity index (χ4n) is 3.96. The molecule has 2 bridgehead atoms. The second-order valence-corrected chi connectivity index (χ2v) is 11.3. The summed E-state index contributed by atoms with van der Waals surface area (Å²) in [5.41, 5.74) is 8.02. The number of nitrogens with zero attached hydrogens (tertiary/aromatic N) is 1. The highest BCUT2D eigenvalue weighted by Crippen LogP contribution is 2.50. The second kappa shape index (κ2) is 7.67. The molecule has 0 spiro atoms. The minimum atomic E-state index is -4.57. The van der Waals surface area contributed by atoms with Crippen molar-refractivity contribution in [2.24, 2.45) is 5.92 Å². The molecule has 0 amide bonds. The molecule has 4 N–H and O–H groups in total. The lowest BCUT2D eigenvalue weighted by molar-refractivity contribution is 0.379. The SMILES string of the molecule is CC(C)Cc1sc(N)nc1-c1c2oc(c1P(=O)(O)O)CCC2c1cccc(Br)c1. The van der Waals surface area contributed by atoms with Gasteiger partial charge >= 0.3 is 7.60 Å². The van der Waals surface area contributed by atoms with Crippen molar-refractivity contribution in [1.29, 1.82) is 0 Å². The zero-order valence-electron chi connectivity index (χ0n) is 16.1. The number of aromatic nitrogens is 1. The zero-order chi connectivity index (χ0) is 20.9. The number of anilines is 1. The average Bonchev–Trinajstić information content (AvgIpc) is 3.11. The van der Waals surface area contributed by atoms with E-state index in [0.29, 0.717) is 46.7 Å². The highest BCUT2D eigenvalue weighted by atomic mass is 79.9. The average molecular weight is 497 g/mol. The molecule has 29 heavy (non-hydrogen) atoms. The summed E-state index contributed by atoms with van der Waals surface area (Å²) in [7, 11) is -4.57. The van der Waals surface area contributed by atoms with E-state index < -0.39 is 7.60 Å². The molecular weight excluding hydrogens is 475 g/mol. The standard InChI is InChI=1S/C20H22BrN2O4PS/c1-10(2)8-15-17(23-20(22)29-15)16-18-13(11-4-3-5-12(21)9-11)6-7-14(27-18)19(16)28(24,25)26/h3-5,9-10,13H,6-8H2,1-2H3,(H2,22,23)(H2,24,25,26). The van der Waals surface area contributed by atoms with E-state index >= 15 is 0 Å². The van der Waals surface area contributed by atoms with Crippen LogP contribution in [0.3, 0.4) is 0 Å². The second-order valence-electron chi connectivity index (χ2n) is 7.73. The van der Waals surface area contributed by atoms with Crippen LogP contribution >= 0.6 is 34.9 Å². The topological polar surface area (TPSA) is 110 Å². The quantitative estimate of drug-likeness (QED) is 0.436. The molecule has 3 heterocycles. The summed E-state index contributed by atoms with van der Waals surface area (Å²) < 4.78 is 19.5. The lowest BCUT2D eigenvalue weighted by Crippen LogP contribution is -2.10. The van der Waals surface area contributed by atoms with E-state index in [1.165, 1.54) is 11.3 Å². The van der Waals surface area contributed by atoms with E-state index in [4.69, 9.17) is 10.2 Å². The molecule has 1 aliphatic rings. The zero-order valence-corrected chi connectivity index (χ0v) is 19.4. The van der Waals surface area contributed by atoms with Gasteiger partial charge in [-0.1, -0.05) is 41.9 Å². The Morgan fingerprint density at radius 3 is 2.83 bits per heavy atom. The normalized spacial score (nSPS) is 16.6. The van der Waals surface area contributed by atoms with Crippen LogP contribution in [0.1, 0.15) is 48.1 Å². The van der Waals surface area contributed by atoms with Crippen molar-refractivity contribution in [3.05, 3.63) is 50.7 Å².